The van der Waals surface area contributed by atoms with E-state index in [-0.39, 0.29) is 5.91 Å². The Morgan fingerprint density at radius 3 is 2.56 bits per heavy atom. The fourth-order valence-electron chi connectivity index (χ4n) is 3.62. The zero-order valence-corrected chi connectivity index (χ0v) is 15.8. The van der Waals surface area contributed by atoms with Crippen LogP contribution in [0.1, 0.15) is 64.4 Å². The van der Waals surface area contributed by atoms with Gasteiger partial charge in [-0.1, -0.05) is 6.92 Å². The quantitative estimate of drug-likeness (QED) is 0.732. The third-order valence-corrected chi connectivity index (χ3v) is 5.44. The second-order valence-corrected chi connectivity index (χ2v) is 7.69. The number of nitrogens with one attached hydrogen (secondary N) is 1. The molecule has 0 bridgehead atoms. The third kappa shape index (κ3) is 4.35. The van der Waals surface area contributed by atoms with E-state index in [4.69, 9.17) is 9.47 Å². The summed E-state index contributed by atoms with van der Waals surface area (Å²) in [4.78, 5) is 12.8. The molecule has 2 fully saturated rings. The number of aryl methyl sites for hydroxylation is 1. The molecule has 2 saturated carbocycles. The number of rotatable bonds is 8. The average molecular weight is 345 g/mol. The van der Waals surface area contributed by atoms with Crippen LogP contribution in [0, 0.1) is 12.8 Å². The predicted octanol–water partition coefficient (Wildman–Crippen LogP) is 4.85. The summed E-state index contributed by atoms with van der Waals surface area (Å²) in [6.45, 7) is 6.65. The van der Waals surface area contributed by atoms with Gasteiger partial charge in [0.2, 0.25) is 0 Å². The molecule has 3 rings (SSSR count). The molecule has 4 nitrogen and oxygen atoms in total. The normalized spacial score (nSPS) is 20.3. The molecule has 1 N–H and O–H groups in total. The van der Waals surface area contributed by atoms with Gasteiger partial charge in [-0.25, -0.2) is 0 Å². The highest BCUT2D eigenvalue weighted by molar-refractivity contribution is 5.97. The zero-order valence-electron chi connectivity index (χ0n) is 15.8. The number of hydrogen-bond donors (Lipinski definition) is 1. The van der Waals surface area contributed by atoms with E-state index >= 15 is 0 Å². The smallest absolute Gasteiger partial charge is 0.256 e. The average Bonchev–Trinajstić information content (AvgIpc) is 3.33. The standard InChI is InChI=1S/C21H31NO3/c1-4-13-24-21(3,16-9-10-16)20(23)22-17-11-12-19(15(2)14-17)25-18-7-5-6-8-18/h11-12,14,16,18H,4-10,13H2,1-3H3,(H,22,23)/t21-/m0/s1. The molecule has 1 atom stereocenters. The highest BCUT2D eigenvalue weighted by atomic mass is 16.5. The Bertz CT molecular complexity index is 605. The van der Waals surface area contributed by atoms with E-state index in [2.05, 4.69) is 12.2 Å². The van der Waals surface area contributed by atoms with E-state index < -0.39 is 5.60 Å². The van der Waals surface area contributed by atoms with Crippen LogP contribution < -0.4 is 10.1 Å². The van der Waals surface area contributed by atoms with Crippen molar-refractivity contribution in [1.29, 1.82) is 0 Å². The second-order valence-electron chi connectivity index (χ2n) is 7.69. The van der Waals surface area contributed by atoms with Gasteiger partial charge in [0.05, 0.1) is 6.10 Å². The van der Waals surface area contributed by atoms with Crippen molar-refractivity contribution in [2.24, 2.45) is 5.92 Å². The fraction of sp³-hybridized carbons (Fsp3) is 0.667. The Morgan fingerprint density at radius 2 is 1.96 bits per heavy atom. The summed E-state index contributed by atoms with van der Waals surface area (Å²) in [5.74, 6) is 1.23. The van der Waals surface area contributed by atoms with Crippen molar-refractivity contribution in [2.75, 3.05) is 11.9 Å². The molecule has 0 aromatic heterocycles. The maximum absolute atomic E-state index is 12.8. The summed E-state index contributed by atoms with van der Waals surface area (Å²) in [5.41, 5.74) is 1.16. The highest BCUT2D eigenvalue weighted by Gasteiger charge is 2.48. The third-order valence-electron chi connectivity index (χ3n) is 5.44. The molecule has 0 saturated heterocycles. The Balaban J connectivity index is 1.65. The van der Waals surface area contributed by atoms with Crippen LogP contribution in [0.5, 0.6) is 5.75 Å². The molecule has 0 aliphatic heterocycles. The number of benzene rings is 1. The fourth-order valence-corrected chi connectivity index (χ4v) is 3.62. The van der Waals surface area contributed by atoms with Crippen LogP contribution >= 0.6 is 0 Å². The van der Waals surface area contributed by atoms with Crippen molar-refractivity contribution < 1.29 is 14.3 Å². The number of amides is 1. The molecule has 25 heavy (non-hydrogen) atoms. The number of carbonyl (C=O) groups is 1. The van der Waals surface area contributed by atoms with Crippen molar-refractivity contribution in [3.05, 3.63) is 23.8 Å². The van der Waals surface area contributed by atoms with E-state index in [1.807, 2.05) is 32.0 Å². The highest BCUT2D eigenvalue weighted by Crippen LogP contribution is 2.42. The lowest BCUT2D eigenvalue weighted by atomic mass is 9.98. The molecule has 0 spiro atoms. The first kappa shape index (κ1) is 18.2. The molecule has 2 aliphatic rings. The van der Waals surface area contributed by atoms with Gasteiger partial charge in [-0.2, -0.15) is 0 Å². The van der Waals surface area contributed by atoms with Crippen molar-refractivity contribution in [1.82, 2.24) is 0 Å². The largest absolute Gasteiger partial charge is 0.490 e. The Morgan fingerprint density at radius 1 is 1.24 bits per heavy atom. The SMILES string of the molecule is CCCO[C@](C)(C(=O)Nc1ccc(OC2CCCC2)c(C)c1)C1CC1. The van der Waals surface area contributed by atoms with Gasteiger partial charge < -0.3 is 14.8 Å². The first-order valence-corrected chi connectivity index (χ1v) is 9.75. The van der Waals surface area contributed by atoms with Gasteiger partial charge >= 0.3 is 0 Å². The monoisotopic (exact) mass is 345 g/mol. The minimum absolute atomic E-state index is 0.0349. The second kappa shape index (κ2) is 7.77. The maximum Gasteiger partial charge on any atom is 0.256 e. The van der Waals surface area contributed by atoms with E-state index in [1.54, 1.807) is 0 Å². The van der Waals surface area contributed by atoms with Crippen LogP contribution in [-0.2, 0) is 9.53 Å². The van der Waals surface area contributed by atoms with Gasteiger partial charge in [0.1, 0.15) is 11.4 Å². The van der Waals surface area contributed by atoms with E-state index in [1.165, 1.54) is 12.8 Å². The topological polar surface area (TPSA) is 47.6 Å². The molecule has 2 aliphatic carbocycles. The lowest BCUT2D eigenvalue weighted by Gasteiger charge is -2.28. The van der Waals surface area contributed by atoms with Gasteiger partial charge in [0.15, 0.2) is 0 Å². The summed E-state index contributed by atoms with van der Waals surface area (Å²) in [6, 6.07) is 5.91. The van der Waals surface area contributed by atoms with Gasteiger partial charge in [-0.3, -0.25) is 4.79 Å². The maximum atomic E-state index is 12.8. The Labute approximate surface area is 151 Å². The first-order valence-electron chi connectivity index (χ1n) is 9.75. The van der Waals surface area contributed by atoms with Gasteiger partial charge in [0, 0.05) is 12.3 Å². The van der Waals surface area contributed by atoms with Crippen LogP contribution in [-0.4, -0.2) is 24.2 Å². The molecule has 0 unspecified atom stereocenters. The summed E-state index contributed by atoms with van der Waals surface area (Å²) in [7, 11) is 0. The molecule has 1 aromatic rings. The van der Waals surface area contributed by atoms with Gasteiger partial charge in [0.25, 0.3) is 5.91 Å². The Hall–Kier alpha value is -1.55. The Kier molecular flexibility index (Phi) is 5.67. The molecule has 138 valence electrons. The van der Waals surface area contributed by atoms with Crippen LogP contribution in [0.15, 0.2) is 18.2 Å². The van der Waals surface area contributed by atoms with Crippen molar-refractivity contribution >= 4 is 11.6 Å². The molecule has 1 aromatic carbocycles. The van der Waals surface area contributed by atoms with Crippen molar-refractivity contribution in [2.45, 2.75) is 77.4 Å². The van der Waals surface area contributed by atoms with E-state index in [9.17, 15) is 4.79 Å². The van der Waals surface area contributed by atoms with Crippen LogP contribution in [0.25, 0.3) is 0 Å². The molecular weight excluding hydrogens is 314 g/mol. The van der Waals surface area contributed by atoms with Gasteiger partial charge in [-0.05, 0) is 88.5 Å². The number of ether oxygens (including phenoxy) is 2. The summed E-state index contributed by atoms with van der Waals surface area (Å²) in [6.07, 6.45) is 8.22. The molecule has 0 heterocycles. The number of anilines is 1. The van der Waals surface area contributed by atoms with E-state index in [0.717, 1.165) is 49.1 Å². The zero-order chi connectivity index (χ0) is 17.9. The lowest BCUT2D eigenvalue weighted by molar-refractivity contribution is -0.142. The molecule has 4 heteroatoms. The van der Waals surface area contributed by atoms with E-state index in [0.29, 0.717) is 18.6 Å². The molecule has 1 amide bonds. The van der Waals surface area contributed by atoms with Crippen molar-refractivity contribution in [3.8, 4) is 5.75 Å². The summed E-state index contributed by atoms with van der Waals surface area (Å²) in [5, 5.41) is 3.05. The minimum atomic E-state index is -0.719. The van der Waals surface area contributed by atoms with Crippen LogP contribution in [0.3, 0.4) is 0 Å². The minimum Gasteiger partial charge on any atom is -0.490 e. The predicted molar refractivity (Wildman–Crippen MR) is 100 cm³/mol. The van der Waals surface area contributed by atoms with Gasteiger partial charge in [-0.15, -0.1) is 0 Å². The van der Waals surface area contributed by atoms with Crippen molar-refractivity contribution in [3.63, 3.8) is 0 Å². The number of hydrogen-bond acceptors (Lipinski definition) is 3. The van der Waals surface area contributed by atoms with Crippen LogP contribution in [0.4, 0.5) is 5.69 Å². The molecule has 0 radical (unpaired) electrons. The first-order chi connectivity index (χ1) is 12.0. The number of carbonyl (C=O) groups excluding carboxylic acids is 1. The lowest BCUT2D eigenvalue weighted by Crippen LogP contribution is -2.45. The van der Waals surface area contributed by atoms with Crippen LogP contribution in [0.2, 0.25) is 0 Å². The summed E-state index contributed by atoms with van der Waals surface area (Å²) < 4.78 is 12.0. The molecular formula is C21H31NO3. The summed E-state index contributed by atoms with van der Waals surface area (Å²) >= 11 is 0.